The Labute approximate surface area is 395 Å². The normalized spacial score (nSPS) is 13.1. The number of Topliss-reactive ketones (excluding diaryl/α,β-unsaturated/α-hetero) is 1. The van der Waals surface area contributed by atoms with Crippen molar-refractivity contribution in [1.29, 1.82) is 0 Å². The zero-order valence-electron chi connectivity index (χ0n) is 37.5. The first kappa shape index (κ1) is 51.0. The van der Waals surface area contributed by atoms with Crippen LogP contribution in [-0.4, -0.2) is 144 Å². The van der Waals surface area contributed by atoms with E-state index >= 15 is 0 Å². The van der Waals surface area contributed by atoms with Gasteiger partial charge >= 0.3 is 5.97 Å². The average molecular weight is 949 g/mol. The highest BCUT2D eigenvalue weighted by molar-refractivity contribution is 7.80. The van der Waals surface area contributed by atoms with E-state index in [4.69, 9.17) is 59.6 Å². The zero-order chi connectivity index (χ0) is 47.1. The van der Waals surface area contributed by atoms with Crippen LogP contribution in [0.15, 0.2) is 78.9 Å². The van der Waals surface area contributed by atoms with E-state index in [0.717, 1.165) is 18.4 Å². The minimum absolute atomic E-state index is 0.0148. The number of benzene rings is 4. The Morgan fingerprint density at radius 3 is 1.54 bits per heavy atom. The maximum absolute atomic E-state index is 13.4. The van der Waals surface area contributed by atoms with E-state index in [9.17, 15) is 24.9 Å². The Hall–Kier alpha value is -5.41. The smallest absolute Gasteiger partial charge is 0.340 e. The lowest BCUT2D eigenvalue weighted by Gasteiger charge is -2.36. The van der Waals surface area contributed by atoms with Crippen molar-refractivity contribution < 1.29 is 72.3 Å². The average Bonchev–Trinajstić information content (AvgIpc) is 3.59. The topological polar surface area (TPSA) is 211 Å². The number of phenols is 3. The van der Waals surface area contributed by atoms with Gasteiger partial charge in [-0.05, 0) is 79.2 Å². The van der Waals surface area contributed by atoms with Crippen LogP contribution in [-0.2, 0) is 59.4 Å². The van der Waals surface area contributed by atoms with Crippen molar-refractivity contribution in [2.75, 3.05) is 118 Å². The highest BCUT2D eigenvalue weighted by atomic mass is 32.1. The van der Waals surface area contributed by atoms with E-state index in [1.165, 1.54) is 24.3 Å². The molecule has 67 heavy (non-hydrogen) atoms. The van der Waals surface area contributed by atoms with Gasteiger partial charge in [-0.15, -0.1) is 0 Å². The largest absolute Gasteiger partial charge is 0.508 e. The van der Waals surface area contributed by atoms with Gasteiger partial charge in [0, 0.05) is 53.9 Å². The summed E-state index contributed by atoms with van der Waals surface area (Å²) in [5.41, 5.74) is 2.38. The van der Waals surface area contributed by atoms with Gasteiger partial charge in [-0.1, -0.05) is 18.2 Å². The van der Waals surface area contributed by atoms with Crippen LogP contribution >= 0.6 is 12.2 Å². The van der Waals surface area contributed by atoms with E-state index in [1.54, 1.807) is 42.5 Å². The predicted octanol–water partition coefficient (Wildman–Crippen LogP) is 5.77. The molecule has 0 bridgehead atoms. The first-order valence-electron chi connectivity index (χ1n) is 22.4. The second-order valence-corrected chi connectivity index (χ2v) is 15.8. The van der Waals surface area contributed by atoms with Crippen LogP contribution in [0.4, 0.5) is 5.69 Å². The Bertz CT molecular complexity index is 2140. The number of thiocarbonyl (C=S) groups is 1. The number of phenolic OH excluding ortho intramolecular Hbond substituents is 3. The molecule has 6 rings (SSSR count). The van der Waals surface area contributed by atoms with Gasteiger partial charge in [0.1, 0.15) is 34.5 Å². The van der Waals surface area contributed by atoms with Crippen molar-refractivity contribution in [3.8, 4) is 28.7 Å². The highest BCUT2D eigenvalue weighted by Gasteiger charge is 2.53. The summed E-state index contributed by atoms with van der Waals surface area (Å²) >= 11 is 5.47. The number of hydrogen-bond acceptors (Lipinski definition) is 16. The van der Waals surface area contributed by atoms with Crippen LogP contribution in [0.5, 0.6) is 28.7 Å². The summed E-state index contributed by atoms with van der Waals surface area (Å²) in [5.74, 6) is 0.476. The summed E-state index contributed by atoms with van der Waals surface area (Å²) in [6, 6.07) is 21.6. The van der Waals surface area contributed by atoms with Gasteiger partial charge < -0.3 is 73.3 Å². The van der Waals surface area contributed by atoms with Crippen LogP contribution in [0.25, 0.3) is 0 Å². The summed E-state index contributed by atoms with van der Waals surface area (Å²) < 4.78 is 56.4. The number of ketones is 1. The lowest BCUT2D eigenvalue weighted by Crippen LogP contribution is -2.33. The number of carbonyl (C=O) groups is 2. The molecule has 362 valence electrons. The van der Waals surface area contributed by atoms with E-state index in [0.29, 0.717) is 170 Å². The molecule has 4 aromatic carbocycles. The van der Waals surface area contributed by atoms with Crippen molar-refractivity contribution in [2.24, 2.45) is 0 Å². The fourth-order valence-corrected chi connectivity index (χ4v) is 7.52. The van der Waals surface area contributed by atoms with Crippen LogP contribution in [0, 0.1) is 0 Å². The third-order valence-electron chi connectivity index (χ3n) is 10.5. The predicted molar refractivity (Wildman–Crippen MR) is 249 cm³/mol. The number of rotatable bonds is 32. The third kappa shape index (κ3) is 15.8. The Balaban J connectivity index is 0.686. The van der Waals surface area contributed by atoms with Crippen molar-refractivity contribution in [2.45, 2.75) is 31.3 Å². The third-order valence-corrected chi connectivity index (χ3v) is 10.8. The van der Waals surface area contributed by atoms with E-state index < -0.39 is 11.6 Å². The first-order valence-corrected chi connectivity index (χ1v) is 22.8. The Morgan fingerprint density at radius 1 is 0.552 bits per heavy atom. The molecule has 0 unspecified atom stereocenters. The maximum atomic E-state index is 13.4. The molecule has 4 aromatic rings. The summed E-state index contributed by atoms with van der Waals surface area (Å²) in [6.07, 6.45) is 2.50. The summed E-state index contributed by atoms with van der Waals surface area (Å²) in [5, 5.41) is 36.2. The molecule has 1 spiro atoms. The molecule has 18 heteroatoms. The minimum atomic E-state index is -1.34. The number of nitrogens with one attached hydrogen (secondary N) is 2. The van der Waals surface area contributed by atoms with Crippen molar-refractivity contribution >= 4 is 34.8 Å². The molecule has 0 saturated heterocycles. The fourth-order valence-electron chi connectivity index (χ4n) is 7.30. The molecule has 0 atom stereocenters. The summed E-state index contributed by atoms with van der Waals surface area (Å²) in [4.78, 5) is 25.4. The molecule has 0 radical (unpaired) electrons. The van der Waals surface area contributed by atoms with Crippen LogP contribution < -0.4 is 15.4 Å². The molecular weight excluding hydrogens is 889 g/mol. The van der Waals surface area contributed by atoms with Gasteiger partial charge in [0.25, 0.3) is 0 Å². The Kier molecular flexibility index (Phi) is 20.9. The van der Waals surface area contributed by atoms with Gasteiger partial charge in [-0.2, -0.15) is 0 Å². The molecule has 2 aliphatic heterocycles. The number of ether oxygens (including phenoxy) is 10. The molecule has 2 aliphatic rings. The summed E-state index contributed by atoms with van der Waals surface area (Å²) in [7, 11) is 0. The molecule has 2 heterocycles. The molecule has 17 nitrogen and oxygen atoms in total. The van der Waals surface area contributed by atoms with Gasteiger partial charge in [0.2, 0.25) is 0 Å². The zero-order valence-corrected chi connectivity index (χ0v) is 38.3. The number of hydrogen-bond donors (Lipinski definition) is 5. The fraction of sp³-hybridized carbons (Fsp3) is 0.449. The summed E-state index contributed by atoms with van der Waals surface area (Å²) in [6.45, 7) is 7.41. The molecule has 0 aliphatic carbocycles. The minimum Gasteiger partial charge on any atom is -0.508 e. The standard InChI is InChI=1S/C49H60N2O15S/c52-37(3-1-2-35-4-7-38(53)8-5-35)14-16-57-18-20-59-22-24-61-26-28-63-30-31-64-29-27-62-25-23-60-21-19-58-17-15-50-48(67)51-36-6-11-42-41(32-36)47(56)66-49(42)43-12-9-39(54)33-45(43)65-46-34-40(55)10-13-44(46)49/h4-13,32-34,53-55H,1-3,14-31H2,(H2,50,51,67). The number of aryl methyl sites for hydroxylation is 1. The number of anilines is 1. The molecule has 0 saturated carbocycles. The van der Waals surface area contributed by atoms with Crippen molar-refractivity contribution in [1.82, 2.24) is 5.32 Å². The van der Waals surface area contributed by atoms with Gasteiger partial charge in [-0.3, -0.25) is 4.79 Å². The van der Waals surface area contributed by atoms with Crippen molar-refractivity contribution in [3.05, 3.63) is 107 Å². The number of aromatic hydroxyl groups is 3. The molecule has 0 aromatic heterocycles. The van der Waals surface area contributed by atoms with E-state index in [2.05, 4.69) is 10.6 Å². The quantitative estimate of drug-likeness (QED) is 0.0223. The van der Waals surface area contributed by atoms with E-state index in [1.807, 2.05) is 12.1 Å². The van der Waals surface area contributed by atoms with Crippen molar-refractivity contribution in [3.63, 3.8) is 0 Å². The monoisotopic (exact) mass is 948 g/mol. The van der Waals surface area contributed by atoms with Crippen LogP contribution in [0.1, 0.15) is 51.9 Å². The molecule has 5 N–H and O–H groups in total. The highest BCUT2D eigenvalue weighted by Crippen LogP contribution is 2.57. The SMILES string of the molecule is O=C(CCCc1ccc(O)cc1)CCOCCOCCOCCOCCOCCOCCOCCOCCNC(=S)Nc1ccc2c(c1)C(=O)OC21c2ccc(O)cc2Oc2cc(O)ccc21. The first-order chi connectivity index (χ1) is 32.7. The second kappa shape index (κ2) is 27.4. The van der Waals surface area contributed by atoms with Crippen LogP contribution in [0.2, 0.25) is 0 Å². The van der Waals surface area contributed by atoms with Gasteiger partial charge in [0.05, 0.1) is 111 Å². The van der Waals surface area contributed by atoms with Gasteiger partial charge in [-0.25, -0.2) is 4.79 Å². The Morgan fingerprint density at radius 2 is 1.01 bits per heavy atom. The lowest BCUT2D eigenvalue weighted by atomic mass is 9.77. The second-order valence-electron chi connectivity index (χ2n) is 15.4. The van der Waals surface area contributed by atoms with Crippen LogP contribution in [0.3, 0.4) is 0 Å². The molecule has 0 fully saturated rings. The van der Waals surface area contributed by atoms with E-state index in [-0.39, 0.29) is 23.0 Å². The van der Waals surface area contributed by atoms with Gasteiger partial charge in [0.15, 0.2) is 10.7 Å². The molecular formula is C49H60N2O15S. The lowest BCUT2D eigenvalue weighted by molar-refractivity contribution is -0.120. The number of carbonyl (C=O) groups excluding carboxylic acids is 2. The number of esters is 1. The number of fused-ring (bicyclic) bond motifs is 6. The maximum Gasteiger partial charge on any atom is 0.340 e. The molecule has 0 amide bonds.